The highest BCUT2D eigenvalue weighted by Gasteiger charge is 1.97. The molecule has 0 aliphatic rings. The summed E-state index contributed by atoms with van der Waals surface area (Å²) in [7, 11) is 0. The first-order chi connectivity index (χ1) is 6.70. The summed E-state index contributed by atoms with van der Waals surface area (Å²) in [6.45, 7) is 7.25. The maximum absolute atomic E-state index is 10.9. The molecular weight excluding hydrogens is 178 g/mol. The summed E-state index contributed by atoms with van der Waals surface area (Å²) in [6.07, 6.45) is 5.60. The summed E-state index contributed by atoms with van der Waals surface area (Å²) in [5.41, 5.74) is 0. The second kappa shape index (κ2) is 8.75. The van der Waals surface area contributed by atoms with E-state index in [-0.39, 0.29) is 5.97 Å². The molecule has 0 fully saturated rings. The predicted octanol–water partition coefficient (Wildman–Crippen LogP) is 1.88. The Morgan fingerprint density at radius 2 is 2.21 bits per heavy atom. The van der Waals surface area contributed by atoms with Crippen LogP contribution in [0.4, 0.5) is 0 Å². The van der Waals surface area contributed by atoms with Gasteiger partial charge in [0, 0.05) is 18.7 Å². The quantitative estimate of drug-likeness (QED) is 0.502. The smallest absolute Gasteiger partial charge is 0.330 e. The minimum Gasteiger partial charge on any atom is -0.463 e. The topological polar surface area (TPSA) is 38.3 Å². The first kappa shape index (κ1) is 13.2. The van der Waals surface area contributed by atoms with Gasteiger partial charge in [0.15, 0.2) is 0 Å². The summed E-state index contributed by atoms with van der Waals surface area (Å²) in [5.74, 6) is -0.266. The second-order valence-corrected chi connectivity index (χ2v) is 3.25. The van der Waals surface area contributed by atoms with E-state index in [1.807, 2.05) is 0 Å². The Balaban J connectivity index is 3.47. The van der Waals surface area contributed by atoms with Gasteiger partial charge in [-0.05, 0) is 20.3 Å². The summed E-state index contributed by atoms with van der Waals surface area (Å²) in [4.78, 5) is 10.9. The number of nitrogens with one attached hydrogen (secondary N) is 1. The van der Waals surface area contributed by atoms with E-state index in [4.69, 9.17) is 4.74 Å². The van der Waals surface area contributed by atoms with Crippen molar-refractivity contribution in [3.8, 4) is 0 Å². The van der Waals surface area contributed by atoms with Gasteiger partial charge in [0.25, 0.3) is 0 Å². The number of ether oxygens (including phenoxy) is 1. The lowest BCUT2D eigenvalue weighted by Gasteiger charge is -2.09. The van der Waals surface area contributed by atoms with E-state index in [1.54, 1.807) is 13.0 Å². The lowest BCUT2D eigenvalue weighted by molar-refractivity contribution is -0.137. The molecule has 3 nitrogen and oxygen atoms in total. The van der Waals surface area contributed by atoms with Crippen molar-refractivity contribution in [3.05, 3.63) is 12.2 Å². The number of esters is 1. The molecule has 1 unspecified atom stereocenters. The van der Waals surface area contributed by atoms with Crippen LogP contribution >= 0.6 is 0 Å². The van der Waals surface area contributed by atoms with Crippen LogP contribution in [0.15, 0.2) is 12.2 Å². The van der Waals surface area contributed by atoms with Crippen molar-refractivity contribution in [2.75, 3.05) is 13.2 Å². The third-order valence-corrected chi connectivity index (χ3v) is 1.85. The van der Waals surface area contributed by atoms with Crippen LogP contribution in [0.25, 0.3) is 0 Å². The second-order valence-electron chi connectivity index (χ2n) is 3.25. The van der Waals surface area contributed by atoms with Gasteiger partial charge in [0.1, 0.15) is 0 Å². The number of rotatable bonds is 7. The Labute approximate surface area is 86.5 Å². The number of carbonyl (C=O) groups is 1. The average molecular weight is 199 g/mol. The molecule has 1 atom stereocenters. The standard InChI is InChI=1S/C11H21NO2/c1-4-7-10(3)12-9-6-8-11(13)14-5-2/h6,8,10,12H,4-5,7,9H2,1-3H3/b8-6+. The van der Waals surface area contributed by atoms with Crippen molar-refractivity contribution in [1.29, 1.82) is 0 Å². The highest BCUT2D eigenvalue weighted by molar-refractivity contribution is 5.81. The Hall–Kier alpha value is -0.830. The van der Waals surface area contributed by atoms with Gasteiger partial charge < -0.3 is 10.1 Å². The van der Waals surface area contributed by atoms with E-state index in [0.29, 0.717) is 12.6 Å². The van der Waals surface area contributed by atoms with Gasteiger partial charge in [-0.2, -0.15) is 0 Å². The third-order valence-electron chi connectivity index (χ3n) is 1.85. The molecule has 0 aromatic heterocycles. The molecule has 0 radical (unpaired) electrons. The molecule has 0 spiro atoms. The van der Waals surface area contributed by atoms with Crippen LogP contribution in [-0.4, -0.2) is 25.2 Å². The molecule has 1 N–H and O–H groups in total. The molecular formula is C11H21NO2. The van der Waals surface area contributed by atoms with Crippen molar-refractivity contribution >= 4 is 5.97 Å². The fourth-order valence-electron chi connectivity index (χ4n) is 1.15. The summed E-state index contributed by atoms with van der Waals surface area (Å²) in [6, 6.07) is 0.506. The SMILES string of the molecule is CCCC(C)NC/C=C/C(=O)OCC. The molecule has 0 aliphatic heterocycles. The van der Waals surface area contributed by atoms with E-state index in [1.165, 1.54) is 12.5 Å². The lowest BCUT2D eigenvalue weighted by atomic mass is 10.2. The maximum Gasteiger partial charge on any atom is 0.330 e. The lowest BCUT2D eigenvalue weighted by Crippen LogP contribution is -2.25. The van der Waals surface area contributed by atoms with Gasteiger partial charge in [-0.1, -0.05) is 19.4 Å². The summed E-state index contributed by atoms with van der Waals surface area (Å²) in [5, 5.41) is 3.29. The van der Waals surface area contributed by atoms with E-state index in [9.17, 15) is 4.79 Å². The number of hydrogen-bond donors (Lipinski definition) is 1. The molecule has 0 aromatic carbocycles. The molecule has 0 saturated heterocycles. The number of carbonyl (C=O) groups excluding carboxylic acids is 1. The zero-order chi connectivity index (χ0) is 10.8. The molecule has 14 heavy (non-hydrogen) atoms. The van der Waals surface area contributed by atoms with Crippen LogP contribution in [0.5, 0.6) is 0 Å². The highest BCUT2D eigenvalue weighted by Crippen LogP contribution is 1.93. The Morgan fingerprint density at radius 3 is 2.79 bits per heavy atom. The summed E-state index contributed by atoms with van der Waals surface area (Å²) >= 11 is 0. The maximum atomic E-state index is 10.9. The fourth-order valence-corrected chi connectivity index (χ4v) is 1.15. The van der Waals surface area contributed by atoms with Crippen LogP contribution in [0.2, 0.25) is 0 Å². The normalized spacial score (nSPS) is 13.1. The highest BCUT2D eigenvalue weighted by atomic mass is 16.5. The largest absolute Gasteiger partial charge is 0.463 e. The molecule has 0 bridgehead atoms. The van der Waals surface area contributed by atoms with Gasteiger partial charge in [-0.25, -0.2) is 4.79 Å². The Bertz CT molecular complexity index is 178. The van der Waals surface area contributed by atoms with Crippen molar-refractivity contribution in [2.45, 2.75) is 39.7 Å². The molecule has 0 rings (SSSR count). The van der Waals surface area contributed by atoms with Gasteiger partial charge in [-0.3, -0.25) is 0 Å². The molecule has 0 saturated carbocycles. The molecule has 0 amide bonds. The minimum absolute atomic E-state index is 0.266. The number of hydrogen-bond acceptors (Lipinski definition) is 3. The zero-order valence-corrected chi connectivity index (χ0v) is 9.38. The van der Waals surface area contributed by atoms with E-state index < -0.39 is 0 Å². The van der Waals surface area contributed by atoms with Crippen molar-refractivity contribution < 1.29 is 9.53 Å². The molecule has 0 aliphatic carbocycles. The molecule has 0 heterocycles. The van der Waals surface area contributed by atoms with Crippen molar-refractivity contribution in [1.82, 2.24) is 5.32 Å². The first-order valence-corrected chi connectivity index (χ1v) is 5.27. The van der Waals surface area contributed by atoms with Crippen molar-refractivity contribution in [2.24, 2.45) is 0 Å². The van der Waals surface area contributed by atoms with Crippen LogP contribution in [0, 0.1) is 0 Å². The van der Waals surface area contributed by atoms with Crippen LogP contribution in [-0.2, 0) is 9.53 Å². The fraction of sp³-hybridized carbons (Fsp3) is 0.727. The van der Waals surface area contributed by atoms with E-state index in [2.05, 4.69) is 19.2 Å². The first-order valence-electron chi connectivity index (χ1n) is 5.27. The Kier molecular flexibility index (Phi) is 8.24. The van der Waals surface area contributed by atoms with Crippen LogP contribution in [0.3, 0.4) is 0 Å². The van der Waals surface area contributed by atoms with Crippen LogP contribution < -0.4 is 5.32 Å². The Morgan fingerprint density at radius 1 is 1.50 bits per heavy atom. The average Bonchev–Trinajstić information content (AvgIpc) is 2.13. The predicted molar refractivity (Wildman–Crippen MR) is 58.1 cm³/mol. The van der Waals surface area contributed by atoms with Gasteiger partial charge in [0.2, 0.25) is 0 Å². The molecule has 82 valence electrons. The monoisotopic (exact) mass is 199 g/mol. The van der Waals surface area contributed by atoms with E-state index in [0.717, 1.165) is 13.0 Å². The van der Waals surface area contributed by atoms with Gasteiger partial charge >= 0.3 is 5.97 Å². The third kappa shape index (κ3) is 7.80. The zero-order valence-electron chi connectivity index (χ0n) is 9.38. The summed E-state index contributed by atoms with van der Waals surface area (Å²) < 4.78 is 4.74. The van der Waals surface area contributed by atoms with Gasteiger partial charge in [-0.15, -0.1) is 0 Å². The van der Waals surface area contributed by atoms with E-state index >= 15 is 0 Å². The van der Waals surface area contributed by atoms with Crippen molar-refractivity contribution in [3.63, 3.8) is 0 Å². The van der Waals surface area contributed by atoms with Crippen LogP contribution in [0.1, 0.15) is 33.6 Å². The molecule has 0 aromatic rings. The minimum atomic E-state index is -0.266. The molecule has 3 heteroatoms. The van der Waals surface area contributed by atoms with Gasteiger partial charge in [0.05, 0.1) is 6.61 Å².